The molecule has 144 valence electrons. The predicted molar refractivity (Wildman–Crippen MR) is 108 cm³/mol. The van der Waals surface area contributed by atoms with E-state index in [-0.39, 0.29) is 5.69 Å². The van der Waals surface area contributed by atoms with E-state index in [9.17, 15) is 0 Å². The highest BCUT2D eigenvalue weighted by Crippen LogP contribution is 2.33. The van der Waals surface area contributed by atoms with Crippen LogP contribution in [0.25, 0.3) is 56.0 Å². The molecule has 0 aliphatic rings. The molecule has 30 heavy (non-hydrogen) atoms. The summed E-state index contributed by atoms with van der Waals surface area (Å²) in [5.74, 6) is -0.0883. The zero-order chi connectivity index (χ0) is 20.1. The van der Waals surface area contributed by atoms with E-state index in [1.165, 1.54) is 0 Å². The number of hydrogen-bond donors (Lipinski definition) is 2. The average Bonchev–Trinajstić information content (AvgIpc) is 3.53. The zero-order valence-electron chi connectivity index (χ0n) is 15.3. The average molecular weight is 397 g/mol. The van der Waals surface area contributed by atoms with Crippen molar-refractivity contribution < 1.29 is 8.81 Å². The molecule has 9 heteroatoms. The number of nitrogens with one attached hydrogen (secondary N) is 2. The number of imidazole rings is 1. The van der Waals surface area contributed by atoms with Gasteiger partial charge in [-0.05, 0) is 24.3 Å². The standard InChI is InChI=1S/C21H12FN7O/c22-16-15-14(9-25-17(16)11-2-1-5-23-8-11)28-29-19(15)21-26-18-13(12-4-7-30-10-12)3-6-24-20(18)27-21/h1-10H,(H,28,29)(H,24,26,27). The van der Waals surface area contributed by atoms with Gasteiger partial charge in [0.15, 0.2) is 17.3 Å². The van der Waals surface area contributed by atoms with Gasteiger partial charge in [-0.25, -0.2) is 14.4 Å². The second kappa shape index (κ2) is 6.31. The van der Waals surface area contributed by atoms with Crippen LogP contribution in [0.2, 0.25) is 0 Å². The minimum absolute atomic E-state index is 0.201. The molecule has 8 nitrogen and oxygen atoms in total. The van der Waals surface area contributed by atoms with E-state index in [4.69, 9.17) is 4.42 Å². The Balaban J connectivity index is 1.57. The van der Waals surface area contributed by atoms with Gasteiger partial charge in [-0.1, -0.05) is 0 Å². The van der Waals surface area contributed by atoms with E-state index in [1.807, 2.05) is 12.1 Å². The number of aromatic amines is 2. The minimum Gasteiger partial charge on any atom is -0.472 e. The lowest BCUT2D eigenvalue weighted by Crippen LogP contribution is -1.92. The van der Waals surface area contributed by atoms with E-state index in [1.54, 1.807) is 49.4 Å². The van der Waals surface area contributed by atoms with Gasteiger partial charge < -0.3 is 9.40 Å². The largest absolute Gasteiger partial charge is 0.472 e. The van der Waals surface area contributed by atoms with E-state index in [0.717, 1.165) is 11.1 Å². The van der Waals surface area contributed by atoms with Crippen LogP contribution in [0.15, 0.2) is 66.0 Å². The highest BCUT2D eigenvalue weighted by atomic mass is 19.1. The molecule has 6 rings (SSSR count). The van der Waals surface area contributed by atoms with E-state index in [2.05, 4.69) is 35.1 Å². The Morgan fingerprint density at radius 3 is 2.77 bits per heavy atom. The molecule has 2 N–H and O–H groups in total. The highest BCUT2D eigenvalue weighted by molar-refractivity contribution is 5.97. The molecule has 6 heterocycles. The van der Waals surface area contributed by atoms with Crippen molar-refractivity contribution in [1.82, 2.24) is 35.1 Å². The lowest BCUT2D eigenvalue weighted by atomic mass is 10.1. The molecule has 0 atom stereocenters. The summed E-state index contributed by atoms with van der Waals surface area (Å²) in [5, 5.41) is 7.42. The number of fused-ring (bicyclic) bond motifs is 2. The van der Waals surface area contributed by atoms with Crippen molar-refractivity contribution in [2.45, 2.75) is 0 Å². The van der Waals surface area contributed by atoms with Gasteiger partial charge in [0.2, 0.25) is 0 Å². The van der Waals surface area contributed by atoms with Gasteiger partial charge in [-0.3, -0.25) is 15.1 Å². The maximum absolute atomic E-state index is 15.5. The van der Waals surface area contributed by atoms with Gasteiger partial charge in [0.1, 0.15) is 16.9 Å². The van der Waals surface area contributed by atoms with Gasteiger partial charge in [0, 0.05) is 35.3 Å². The molecular formula is C21H12FN7O. The summed E-state index contributed by atoms with van der Waals surface area (Å²) in [5.41, 5.74) is 4.55. The molecule has 0 aromatic carbocycles. The molecule has 6 aromatic rings. The Hall–Kier alpha value is -4.40. The quantitative estimate of drug-likeness (QED) is 0.459. The Labute approximate surface area is 167 Å². The third-order valence-electron chi connectivity index (χ3n) is 4.92. The smallest absolute Gasteiger partial charge is 0.161 e. The number of hydrogen-bond acceptors (Lipinski definition) is 6. The SMILES string of the molecule is Fc1c(-c2cccnc2)ncc2[nH]nc(-c3nc4c(-c5ccoc5)ccnc4[nH]3)c12. The minimum atomic E-state index is -0.493. The van der Waals surface area contributed by atoms with E-state index >= 15 is 4.39 Å². The number of furan rings is 1. The molecule has 0 aliphatic heterocycles. The molecule has 0 fully saturated rings. The summed E-state index contributed by atoms with van der Waals surface area (Å²) < 4.78 is 20.7. The molecule has 0 amide bonds. The number of halogens is 1. The van der Waals surface area contributed by atoms with Crippen LogP contribution in [0.5, 0.6) is 0 Å². The van der Waals surface area contributed by atoms with Gasteiger partial charge in [-0.15, -0.1) is 0 Å². The molecule has 0 saturated heterocycles. The van der Waals surface area contributed by atoms with Gasteiger partial charge in [-0.2, -0.15) is 5.10 Å². The molecule has 0 spiro atoms. The van der Waals surface area contributed by atoms with Crippen molar-refractivity contribution in [3.63, 3.8) is 0 Å². The van der Waals surface area contributed by atoms with Crippen LogP contribution < -0.4 is 0 Å². The summed E-state index contributed by atoms with van der Waals surface area (Å²) in [4.78, 5) is 20.4. The number of nitrogens with zero attached hydrogens (tertiary/aromatic N) is 5. The lowest BCUT2D eigenvalue weighted by Gasteiger charge is -2.03. The third kappa shape index (κ3) is 2.42. The molecule has 6 aromatic heterocycles. The Kier molecular flexibility index (Phi) is 3.48. The normalized spacial score (nSPS) is 11.5. The fourth-order valence-corrected chi connectivity index (χ4v) is 3.52. The van der Waals surface area contributed by atoms with Crippen LogP contribution in [0.1, 0.15) is 0 Å². The summed E-state index contributed by atoms with van der Waals surface area (Å²) >= 11 is 0. The fraction of sp³-hybridized carbons (Fsp3) is 0. The first-order valence-electron chi connectivity index (χ1n) is 9.10. The van der Waals surface area contributed by atoms with Crippen molar-refractivity contribution in [2.75, 3.05) is 0 Å². The van der Waals surface area contributed by atoms with Crippen LogP contribution in [-0.2, 0) is 0 Å². The summed E-state index contributed by atoms with van der Waals surface area (Å²) in [7, 11) is 0. The molecule has 0 saturated carbocycles. The van der Waals surface area contributed by atoms with Crippen LogP contribution >= 0.6 is 0 Å². The Morgan fingerprint density at radius 2 is 1.93 bits per heavy atom. The van der Waals surface area contributed by atoms with E-state index < -0.39 is 5.82 Å². The molecule has 0 bridgehead atoms. The molecular weight excluding hydrogens is 385 g/mol. The van der Waals surface area contributed by atoms with Gasteiger partial charge >= 0.3 is 0 Å². The molecule has 0 unspecified atom stereocenters. The summed E-state index contributed by atoms with van der Waals surface area (Å²) in [6, 6.07) is 7.19. The van der Waals surface area contributed by atoms with E-state index in [0.29, 0.717) is 39.1 Å². The van der Waals surface area contributed by atoms with Crippen molar-refractivity contribution in [1.29, 1.82) is 0 Å². The number of aromatic nitrogens is 7. The Morgan fingerprint density at radius 1 is 0.967 bits per heavy atom. The maximum atomic E-state index is 15.5. The van der Waals surface area contributed by atoms with Crippen molar-refractivity contribution >= 4 is 22.1 Å². The first-order valence-corrected chi connectivity index (χ1v) is 9.10. The predicted octanol–water partition coefficient (Wildman–Crippen LogP) is 4.36. The second-order valence-corrected chi connectivity index (χ2v) is 6.68. The van der Waals surface area contributed by atoms with Crippen LogP contribution in [0.4, 0.5) is 4.39 Å². The summed E-state index contributed by atoms with van der Waals surface area (Å²) in [6.45, 7) is 0. The fourth-order valence-electron chi connectivity index (χ4n) is 3.52. The molecule has 0 radical (unpaired) electrons. The maximum Gasteiger partial charge on any atom is 0.161 e. The second-order valence-electron chi connectivity index (χ2n) is 6.68. The highest BCUT2D eigenvalue weighted by Gasteiger charge is 2.21. The van der Waals surface area contributed by atoms with Gasteiger partial charge in [0.05, 0.1) is 29.6 Å². The number of H-pyrrole nitrogens is 2. The third-order valence-corrected chi connectivity index (χ3v) is 4.92. The van der Waals surface area contributed by atoms with Crippen molar-refractivity contribution in [3.8, 4) is 33.9 Å². The first kappa shape index (κ1) is 16.5. The van der Waals surface area contributed by atoms with Crippen LogP contribution in [0.3, 0.4) is 0 Å². The van der Waals surface area contributed by atoms with Crippen molar-refractivity contribution in [3.05, 3.63) is 67.4 Å². The lowest BCUT2D eigenvalue weighted by molar-refractivity contribution is 0.568. The van der Waals surface area contributed by atoms with Crippen LogP contribution in [-0.4, -0.2) is 35.1 Å². The Bertz CT molecular complexity index is 1500. The van der Waals surface area contributed by atoms with Crippen molar-refractivity contribution in [2.24, 2.45) is 0 Å². The zero-order valence-corrected chi connectivity index (χ0v) is 15.3. The van der Waals surface area contributed by atoms with Crippen LogP contribution in [0, 0.1) is 5.82 Å². The topological polar surface area (TPSA) is 109 Å². The number of pyridine rings is 3. The van der Waals surface area contributed by atoms with Gasteiger partial charge in [0.25, 0.3) is 0 Å². The summed E-state index contributed by atoms with van der Waals surface area (Å²) in [6.07, 6.45) is 9.66. The monoisotopic (exact) mass is 397 g/mol. The first-order chi connectivity index (χ1) is 14.8. The number of rotatable bonds is 3. The molecule has 0 aliphatic carbocycles.